The lowest BCUT2D eigenvalue weighted by Crippen LogP contribution is -2.39. The van der Waals surface area contributed by atoms with E-state index in [1.165, 1.54) is 36.4 Å². The zero-order valence-corrected chi connectivity index (χ0v) is 15.8. The summed E-state index contributed by atoms with van der Waals surface area (Å²) in [6.45, 7) is 0. The Morgan fingerprint density at radius 1 is 0.677 bits per heavy atom. The molecular weight excluding hydrogens is 404 g/mol. The van der Waals surface area contributed by atoms with Gasteiger partial charge in [0.1, 0.15) is 16.8 Å². The Labute approximate surface area is 174 Å². The molecule has 1 aliphatic carbocycles. The molecule has 10 heteroatoms. The van der Waals surface area contributed by atoms with Crippen LogP contribution in [0, 0.1) is 20.2 Å². The number of carbonyl (C=O) groups is 2. The van der Waals surface area contributed by atoms with Crippen LogP contribution in [0.5, 0.6) is 0 Å². The number of nitrogens with zero attached hydrogens (tertiary/aromatic N) is 2. The van der Waals surface area contributed by atoms with Crippen LogP contribution in [-0.4, -0.2) is 21.4 Å². The summed E-state index contributed by atoms with van der Waals surface area (Å²) < 4.78 is 0. The number of hydrogen-bond donors (Lipinski definition) is 2. The van der Waals surface area contributed by atoms with E-state index in [1.807, 2.05) is 0 Å². The molecule has 0 heterocycles. The maximum Gasteiger partial charge on any atom is 0.292 e. The van der Waals surface area contributed by atoms with E-state index >= 15 is 0 Å². The number of nitrogen functional groups attached to an aromatic ring is 2. The second-order valence-electron chi connectivity index (χ2n) is 7.02. The molecular formula is C21H14N4O6. The summed E-state index contributed by atoms with van der Waals surface area (Å²) >= 11 is 0. The average Bonchev–Trinajstić information content (AvgIpc) is 2.97. The molecule has 4 rings (SSSR count). The molecule has 0 bridgehead atoms. The molecule has 0 unspecified atom stereocenters. The van der Waals surface area contributed by atoms with Gasteiger partial charge in [-0.05, 0) is 23.3 Å². The zero-order valence-electron chi connectivity index (χ0n) is 15.8. The van der Waals surface area contributed by atoms with E-state index in [1.54, 1.807) is 12.1 Å². The van der Waals surface area contributed by atoms with Gasteiger partial charge < -0.3 is 11.5 Å². The molecule has 0 saturated heterocycles. The number of anilines is 2. The number of rotatable bonds is 4. The number of fused-ring (bicyclic) bond motifs is 1. The van der Waals surface area contributed by atoms with Crippen LogP contribution in [0.1, 0.15) is 31.8 Å². The predicted molar refractivity (Wildman–Crippen MR) is 111 cm³/mol. The number of hydrogen-bond acceptors (Lipinski definition) is 8. The highest BCUT2D eigenvalue weighted by Crippen LogP contribution is 2.47. The maximum absolute atomic E-state index is 13.6. The Balaban J connectivity index is 2.10. The van der Waals surface area contributed by atoms with Gasteiger partial charge in [-0.3, -0.25) is 29.8 Å². The van der Waals surface area contributed by atoms with Gasteiger partial charge in [-0.1, -0.05) is 36.4 Å². The summed E-state index contributed by atoms with van der Waals surface area (Å²) in [6, 6.07) is 13.3. The van der Waals surface area contributed by atoms with Crippen LogP contribution in [0.25, 0.3) is 0 Å². The average molecular weight is 418 g/mol. The molecule has 154 valence electrons. The topological polar surface area (TPSA) is 172 Å². The molecule has 3 aromatic carbocycles. The first-order valence-electron chi connectivity index (χ1n) is 8.97. The van der Waals surface area contributed by atoms with Gasteiger partial charge >= 0.3 is 0 Å². The van der Waals surface area contributed by atoms with Crippen molar-refractivity contribution in [3.05, 3.63) is 103 Å². The van der Waals surface area contributed by atoms with E-state index < -0.39 is 38.2 Å². The number of carbonyl (C=O) groups excluding carboxylic acids is 2. The summed E-state index contributed by atoms with van der Waals surface area (Å²) in [5, 5.41) is 22.9. The Hall–Kier alpha value is -4.60. The third-order valence-corrected chi connectivity index (χ3v) is 5.42. The van der Waals surface area contributed by atoms with Gasteiger partial charge in [0.25, 0.3) is 11.4 Å². The first kappa shape index (κ1) is 19.7. The number of nitro groups is 2. The third-order valence-electron chi connectivity index (χ3n) is 5.42. The Bertz CT molecular complexity index is 1220. The highest BCUT2D eigenvalue weighted by atomic mass is 16.6. The van der Waals surface area contributed by atoms with Crippen LogP contribution in [-0.2, 0) is 5.41 Å². The van der Waals surface area contributed by atoms with Gasteiger partial charge in [-0.25, -0.2) is 0 Å². The maximum atomic E-state index is 13.6. The van der Waals surface area contributed by atoms with Crippen molar-refractivity contribution in [2.45, 2.75) is 5.41 Å². The fourth-order valence-electron chi connectivity index (χ4n) is 3.95. The summed E-state index contributed by atoms with van der Waals surface area (Å²) in [5.74, 6) is -1.29. The Morgan fingerprint density at radius 3 is 1.42 bits per heavy atom. The van der Waals surface area contributed by atoms with Gasteiger partial charge in [0.2, 0.25) is 0 Å². The normalized spacial score (nSPS) is 14.3. The Kier molecular flexibility index (Phi) is 4.28. The van der Waals surface area contributed by atoms with Gasteiger partial charge in [0, 0.05) is 23.3 Å². The van der Waals surface area contributed by atoms with Crippen molar-refractivity contribution in [3.8, 4) is 0 Å². The summed E-state index contributed by atoms with van der Waals surface area (Å²) in [6.07, 6.45) is 0. The SMILES string of the molecule is Nc1ccc(C2(c3ccc(N)c([N+](=O)[O-])c3)C(=O)c3ccccc3C2=O)cc1[N+](=O)[O-]. The van der Waals surface area contributed by atoms with E-state index in [0.29, 0.717) is 0 Å². The number of nitro benzene ring substituents is 2. The van der Waals surface area contributed by atoms with Crippen molar-refractivity contribution in [2.24, 2.45) is 0 Å². The van der Waals surface area contributed by atoms with Gasteiger partial charge in [0.05, 0.1) is 9.85 Å². The quantitative estimate of drug-likeness (QED) is 0.281. The van der Waals surface area contributed by atoms with E-state index in [0.717, 1.165) is 12.1 Å². The lowest BCUT2D eigenvalue weighted by atomic mass is 9.70. The Morgan fingerprint density at radius 2 is 1.06 bits per heavy atom. The molecule has 4 N–H and O–H groups in total. The molecule has 0 radical (unpaired) electrons. The summed E-state index contributed by atoms with van der Waals surface area (Å²) in [7, 11) is 0. The molecule has 10 nitrogen and oxygen atoms in total. The first-order chi connectivity index (χ1) is 14.7. The van der Waals surface area contributed by atoms with E-state index in [-0.39, 0.29) is 33.6 Å². The second-order valence-corrected chi connectivity index (χ2v) is 7.02. The van der Waals surface area contributed by atoms with E-state index in [2.05, 4.69) is 0 Å². The smallest absolute Gasteiger partial charge is 0.292 e. The second kappa shape index (κ2) is 6.73. The molecule has 3 aromatic rings. The number of nitrogens with two attached hydrogens (primary N) is 2. The molecule has 0 atom stereocenters. The minimum Gasteiger partial charge on any atom is -0.393 e. The number of Topliss-reactive ketones (excluding diaryl/α,β-unsaturated/α-hetero) is 2. The first-order valence-corrected chi connectivity index (χ1v) is 8.97. The van der Waals surface area contributed by atoms with Gasteiger partial charge in [-0.2, -0.15) is 0 Å². The van der Waals surface area contributed by atoms with Crippen LogP contribution in [0.15, 0.2) is 60.7 Å². The summed E-state index contributed by atoms with van der Waals surface area (Å²) in [4.78, 5) is 48.7. The number of benzene rings is 3. The minimum absolute atomic E-state index is 0.0151. The van der Waals surface area contributed by atoms with Crippen LogP contribution >= 0.6 is 0 Å². The zero-order chi connectivity index (χ0) is 22.5. The minimum atomic E-state index is -2.05. The number of ketones is 2. The lowest BCUT2D eigenvalue weighted by Gasteiger charge is -2.27. The van der Waals surface area contributed by atoms with Crippen molar-refractivity contribution < 1.29 is 19.4 Å². The standard InChI is InChI=1S/C21H14N4O6/c22-15-7-5-11(9-17(15)24(28)29)21(12-6-8-16(23)18(10-12)25(30)31)19(26)13-3-1-2-4-14(13)20(21)27/h1-10H,22-23H2. The van der Waals surface area contributed by atoms with E-state index in [9.17, 15) is 29.8 Å². The van der Waals surface area contributed by atoms with Crippen molar-refractivity contribution in [1.29, 1.82) is 0 Å². The summed E-state index contributed by atoms with van der Waals surface area (Å²) in [5.41, 5.74) is 8.25. The molecule has 0 saturated carbocycles. The molecule has 0 aliphatic heterocycles. The lowest BCUT2D eigenvalue weighted by molar-refractivity contribution is -0.384. The largest absolute Gasteiger partial charge is 0.393 e. The van der Waals surface area contributed by atoms with Crippen LogP contribution in [0.2, 0.25) is 0 Å². The fourth-order valence-corrected chi connectivity index (χ4v) is 3.95. The van der Waals surface area contributed by atoms with Crippen molar-refractivity contribution in [3.63, 3.8) is 0 Å². The van der Waals surface area contributed by atoms with Crippen LogP contribution < -0.4 is 11.5 Å². The molecule has 0 aromatic heterocycles. The predicted octanol–water partition coefficient (Wildman–Crippen LogP) is 3.03. The molecule has 0 fully saturated rings. The fraction of sp³-hybridized carbons (Fsp3) is 0.0476. The molecule has 0 spiro atoms. The van der Waals surface area contributed by atoms with Crippen molar-refractivity contribution >= 4 is 34.3 Å². The van der Waals surface area contributed by atoms with Gasteiger partial charge in [0.15, 0.2) is 11.6 Å². The molecule has 0 amide bonds. The highest BCUT2D eigenvalue weighted by Gasteiger charge is 2.56. The van der Waals surface area contributed by atoms with Gasteiger partial charge in [-0.15, -0.1) is 0 Å². The molecule has 31 heavy (non-hydrogen) atoms. The third kappa shape index (κ3) is 2.65. The van der Waals surface area contributed by atoms with E-state index in [4.69, 9.17) is 11.5 Å². The monoisotopic (exact) mass is 418 g/mol. The van der Waals surface area contributed by atoms with Crippen molar-refractivity contribution in [2.75, 3.05) is 11.5 Å². The van der Waals surface area contributed by atoms with Crippen LogP contribution in [0.4, 0.5) is 22.7 Å². The highest BCUT2D eigenvalue weighted by molar-refractivity contribution is 6.35. The van der Waals surface area contributed by atoms with Crippen LogP contribution in [0.3, 0.4) is 0 Å². The van der Waals surface area contributed by atoms with Crippen molar-refractivity contribution in [1.82, 2.24) is 0 Å². The molecule has 1 aliphatic rings.